The summed E-state index contributed by atoms with van der Waals surface area (Å²) in [7, 11) is 0. The van der Waals surface area contributed by atoms with Crippen LogP contribution in [0.2, 0.25) is 0 Å². The van der Waals surface area contributed by atoms with Gasteiger partial charge in [0.25, 0.3) is 0 Å². The summed E-state index contributed by atoms with van der Waals surface area (Å²) >= 11 is 0. The van der Waals surface area contributed by atoms with Gasteiger partial charge < -0.3 is 4.57 Å². The van der Waals surface area contributed by atoms with Crippen LogP contribution in [0.3, 0.4) is 0 Å². The van der Waals surface area contributed by atoms with Crippen molar-refractivity contribution in [2.75, 3.05) is 0 Å². The largest absolute Gasteiger partial charge is 0.337 e. The fourth-order valence-corrected chi connectivity index (χ4v) is 4.25. The first-order valence-electron chi connectivity index (χ1n) is 8.83. The predicted molar refractivity (Wildman–Crippen MR) is 95.6 cm³/mol. The van der Waals surface area contributed by atoms with E-state index < -0.39 is 0 Å². The summed E-state index contributed by atoms with van der Waals surface area (Å²) in [6, 6.07) is 13.6. The highest BCUT2D eigenvalue weighted by atomic mass is 15.0. The van der Waals surface area contributed by atoms with E-state index in [2.05, 4.69) is 59.1 Å². The fourth-order valence-electron chi connectivity index (χ4n) is 4.25. The highest BCUT2D eigenvalue weighted by molar-refractivity contribution is 5.91. The second-order valence-electron chi connectivity index (χ2n) is 6.83. The Morgan fingerprint density at radius 3 is 2.87 bits per heavy atom. The molecule has 0 amide bonds. The average molecular weight is 304 g/mol. The smallest absolute Gasteiger partial charge is 0.0946 e. The SMILES string of the molecule is CCCCC(Cn1ccnc1)C1Cc2cccc3cccc1c23. The average Bonchev–Trinajstić information content (AvgIpc) is 3.21. The van der Waals surface area contributed by atoms with Crippen molar-refractivity contribution in [3.63, 3.8) is 0 Å². The first-order valence-corrected chi connectivity index (χ1v) is 8.83. The second-order valence-corrected chi connectivity index (χ2v) is 6.83. The van der Waals surface area contributed by atoms with Crippen LogP contribution in [-0.2, 0) is 13.0 Å². The van der Waals surface area contributed by atoms with Gasteiger partial charge in [0.15, 0.2) is 0 Å². The van der Waals surface area contributed by atoms with E-state index in [1.54, 1.807) is 5.56 Å². The molecule has 2 aromatic carbocycles. The van der Waals surface area contributed by atoms with E-state index in [1.807, 2.05) is 12.5 Å². The first kappa shape index (κ1) is 14.5. The van der Waals surface area contributed by atoms with Crippen LogP contribution in [0, 0.1) is 5.92 Å². The molecule has 2 heteroatoms. The molecule has 23 heavy (non-hydrogen) atoms. The highest BCUT2D eigenvalue weighted by Gasteiger charge is 2.30. The van der Waals surface area contributed by atoms with Crippen molar-refractivity contribution < 1.29 is 0 Å². The van der Waals surface area contributed by atoms with Crippen molar-refractivity contribution in [1.82, 2.24) is 9.55 Å². The quantitative estimate of drug-likeness (QED) is 0.613. The Labute approximate surface area is 138 Å². The monoisotopic (exact) mass is 304 g/mol. The van der Waals surface area contributed by atoms with Gasteiger partial charge in [-0.05, 0) is 46.6 Å². The van der Waals surface area contributed by atoms with Crippen molar-refractivity contribution >= 4 is 10.8 Å². The Hall–Kier alpha value is -2.09. The number of nitrogens with zero attached hydrogens (tertiary/aromatic N) is 2. The fraction of sp³-hybridized carbons (Fsp3) is 0.381. The summed E-state index contributed by atoms with van der Waals surface area (Å²) in [6.45, 7) is 3.37. The van der Waals surface area contributed by atoms with Crippen LogP contribution in [0.5, 0.6) is 0 Å². The Morgan fingerprint density at radius 1 is 1.22 bits per heavy atom. The van der Waals surface area contributed by atoms with Gasteiger partial charge in [-0.25, -0.2) is 4.98 Å². The van der Waals surface area contributed by atoms with Crippen molar-refractivity contribution in [2.45, 2.75) is 45.1 Å². The maximum absolute atomic E-state index is 4.22. The Morgan fingerprint density at radius 2 is 2.09 bits per heavy atom. The third-order valence-corrected chi connectivity index (χ3v) is 5.36. The predicted octanol–water partition coefficient (Wildman–Crippen LogP) is 5.18. The molecule has 3 aromatic rings. The molecule has 2 nitrogen and oxygen atoms in total. The molecule has 118 valence electrons. The maximum Gasteiger partial charge on any atom is 0.0946 e. The van der Waals surface area contributed by atoms with E-state index in [0.717, 1.165) is 6.54 Å². The van der Waals surface area contributed by atoms with Gasteiger partial charge in [0, 0.05) is 18.9 Å². The molecule has 1 aliphatic rings. The van der Waals surface area contributed by atoms with E-state index in [9.17, 15) is 0 Å². The number of aromatic nitrogens is 2. The maximum atomic E-state index is 4.22. The van der Waals surface area contributed by atoms with Crippen LogP contribution in [0.25, 0.3) is 10.8 Å². The molecule has 4 rings (SSSR count). The third kappa shape index (κ3) is 2.67. The lowest BCUT2D eigenvalue weighted by Crippen LogP contribution is -2.18. The van der Waals surface area contributed by atoms with Crippen LogP contribution in [0.4, 0.5) is 0 Å². The minimum atomic E-state index is 0.644. The number of hydrogen-bond acceptors (Lipinski definition) is 1. The summed E-state index contributed by atoms with van der Waals surface area (Å²) in [5.74, 6) is 1.33. The summed E-state index contributed by atoms with van der Waals surface area (Å²) in [5.41, 5.74) is 3.11. The lowest BCUT2D eigenvalue weighted by Gasteiger charge is -2.25. The molecular weight excluding hydrogens is 280 g/mol. The molecule has 1 heterocycles. The van der Waals surface area contributed by atoms with Gasteiger partial charge >= 0.3 is 0 Å². The molecule has 0 radical (unpaired) electrons. The summed E-state index contributed by atoms with van der Waals surface area (Å²) in [5, 5.41) is 2.92. The Bertz CT molecular complexity index is 783. The van der Waals surface area contributed by atoms with Gasteiger partial charge in [-0.15, -0.1) is 0 Å². The molecule has 1 aliphatic carbocycles. The van der Waals surface area contributed by atoms with E-state index in [1.165, 1.54) is 42.0 Å². The van der Waals surface area contributed by atoms with Crippen molar-refractivity contribution in [3.05, 3.63) is 66.2 Å². The molecule has 0 fully saturated rings. The molecule has 2 unspecified atom stereocenters. The molecule has 0 spiro atoms. The van der Waals surface area contributed by atoms with Crippen LogP contribution in [0.1, 0.15) is 43.2 Å². The zero-order chi connectivity index (χ0) is 15.6. The van der Waals surface area contributed by atoms with E-state index in [0.29, 0.717) is 11.8 Å². The molecular formula is C21H24N2. The number of rotatable bonds is 6. The topological polar surface area (TPSA) is 17.8 Å². The number of imidazole rings is 1. The molecule has 0 saturated carbocycles. The van der Waals surface area contributed by atoms with Crippen molar-refractivity contribution in [3.8, 4) is 0 Å². The zero-order valence-corrected chi connectivity index (χ0v) is 13.8. The van der Waals surface area contributed by atoms with E-state index in [-0.39, 0.29) is 0 Å². The van der Waals surface area contributed by atoms with E-state index >= 15 is 0 Å². The highest BCUT2D eigenvalue weighted by Crippen LogP contribution is 2.43. The lowest BCUT2D eigenvalue weighted by molar-refractivity contribution is 0.339. The summed E-state index contributed by atoms with van der Waals surface area (Å²) in [6.07, 6.45) is 11.0. The first-order chi connectivity index (χ1) is 11.4. The molecule has 0 bridgehead atoms. The molecule has 2 atom stereocenters. The van der Waals surface area contributed by atoms with Gasteiger partial charge in [-0.1, -0.05) is 56.2 Å². The Balaban J connectivity index is 1.69. The molecule has 0 aliphatic heterocycles. The van der Waals surface area contributed by atoms with Crippen LogP contribution in [-0.4, -0.2) is 9.55 Å². The number of unbranched alkanes of at least 4 members (excludes halogenated alkanes) is 1. The number of benzene rings is 2. The minimum Gasteiger partial charge on any atom is -0.337 e. The lowest BCUT2D eigenvalue weighted by atomic mass is 9.83. The van der Waals surface area contributed by atoms with Crippen molar-refractivity contribution in [2.24, 2.45) is 5.92 Å². The van der Waals surface area contributed by atoms with Crippen LogP contribution < -0.4 is 0 Å². The molecule has 0 N–H and O–H groups in total. The van der Waals surface area contributed by atoms with Gasteiger partial charge in [-0.2, -0.15) is 0 Å². The van der Waals surface area contributed by atoms with Crippen LogP contribution >= 0.6 is 0 Å². The van der Waals surface area contributed by atoms with Crippen LogP contribution in [0.15, 0.2) is 55.1 Å². The van der Waals surface area contributed by atoms with Gasteiger partial charge in [0.1, 0.15) is 0 Å². The standard InChI is InChI=1S/C21H24N2/c1-2-3-6-18(14-23-12-11-22-15-23)20-13-17-9-4-7-16-8-5-10-19(20)21(16)17/h4-5,7-12,15,18,20H,2-3,6,13-14H2,1H3. The molecule has 0 saturated heterocycles. The van der Waals surface area contributed by atoms with Gasteiger partial charge in [0.2, 0.25) is 0 Å². The third-order valence-electron chi connectivity index (χ3n) is 5.36. The van der Waals surface area contributed by atoms with Gasteiger partial charge in [0.05, 0.1) is 6.33 Å². The Kier molecular flexibility index (Phi) is 3.90. The summed E-state index contributed by atoms with van der Waals surface area (Å²) < 4.78 is 2.25. The van der Waals surface area contributed by atoms with E-state index in [4.69, 9.17) is 0 Å². The van der Waals surface area contributed by atoms with Crippen molar-refractivity contribution in [1.29, 1.82) is 0 Å². The van der Waals surface area contributed by atoms with Gasteiger partial charge in [-0.3, -0.25) is 0 Å². The summed E-state index contributed by atoms with van der Waals surface area (Å²) in [4.78, 5) is 4.22. The normalized spacial score (nSPS) is 17.7. The second kappa shape index (κ2) is 6.19. The zero-order valence-electron chi connectivity index (χ0n) is 13.8. The number of hydrogen-bond donors (Lipinski definition) is 0. The molecule has 1 aromatic heterocycles. The minimum absolute atomic E-state index is 0.644.